The fourth-order valence-electron chi connectivity index (χ4n) is 4.07. The Bertz CT molecular complexity index is 357. The first-order valence-corrected chi connectivity index (χ1v) is 8.61. The highest BCUT2D eigenvalue weighted by Crippen LogP contribution is 2.20. The summed E-state index contributed by atoms with van der Waals surface area (Å²) in [6.45, 7) is 8.06. The average Bonchev–Trinajstić information content (AvgIpc) is 3.16. The Kier molecular flexibility index (Phi) is 5.14. The molecule has 1 amide bonds. The molecule has 0 aliphatic carbocycles. The van der Waals surface area contributed by atoms with Gasteiger partial charge in [0.2, 0.25) is 5.91 Å². The molecule has 3 rings (SSSR count). The van der Waals surface area contributed by atoms with Gasteiger partial charge < -0.3 is 19.8 Å². The van der Waals surface area contributed by atoms with Crippen molar-refractivity contribution in [2.24, 2.45) is 5.92 Å². The summed E-state index contributed by atoms with van der Waals surface area (Å²) >= 11 is 0. The predicted octanol–water partition coefficient (Wildman–Crippen LogP) is 0.387. The maximum absolute atomic E-state index is 11.6. The average molecular weight is 295 g/mol. The number of β-amino-alcohol motifs (C(OH)–C–C–N with tert-alkyl or cyclic N) is 1. The second-order valence-electron chi connectivity index (χ2n) is 7.02. The summed E-state index contributed by atoms with van der Waals surface area (Å²) in [6.07, 6.45) is 5.20. The highest BCUT2D eigenvalue weighted by Gasteiger charge is 2.28. The van der Waals surface area contributed by atoms with Gasteiger partial charge in [-0.25, -0.2) is 0 Å². The van der Waals surface area contributed by atoms with Gasteiger partial charge in [-0.05, 0) is 51.2 Å². The first kappa shape index (κ1) is 15.3. The number of hydrogen-bond donors (Lipinski definition) is 1. The van der Waals surface area contributed by atoms with Gasteiger partial charge in [-0.1, -0.05) is 0 Å². The first-order valence-electron chi connectivity index (χ1n) is 8.61. The van der Waals surface area contributed by atoms with Gasteiger partial charge in [0, 0.05) is 39.1 Å². The summed E-state index contributed by atoms with van der Waals surface area (Å²) < 4.78 is 0. The molecule has 0 saturated carbocycles. The van der Waals surface area contributed by atoms with Crippen LogP contribution in [0.3, 0.4) is 0 Å². The number of hydrogen-bond acceptors (Lipinski definition) is 4. The van der Waals surface area contributed by atoms with Crippen LogP contribution in [0.5, 0.6) is 0 Å². The van der Waals surface area contributed by atoms with Crippen LogP contribution < -0.4 is 0 Å². The molecule has 0 aromatic heterocycles. The second kappa shape index (κ2) is 7.07. The van der Waals surface area contributed by atoms with E-state index in [1.165, 1.54) is 38.9 Å². The van der Waals surface area contributed by atoms with E-state index in [1.807, 2.05) is 4.90 Å². The minimum atomic E-state index is -0.391. The van der Waals surface area contributed by atoms with E-state index in [9.17, 15) is 9.90 Å². The Balaban J connectivity index is 1.36. The van der Waals surface area contributed by atoms with Crippen molar-refractivity contribution >= 4 is 5.91 Å². The van der Waals surface area contributed by atoms with Gasteiger partial charge in [0.1, 0.15) is 0 Å². The van der Waals surface area contributed by atoms with Crippen molar-refractivity contribution in [1.82, 2.24) is 14.7 Å². The van der Waals surface area contributed by atoms with Gasteiger partial charge in [-0.2, -0.15) is 0 Å². The Morgan fingerprint density at radius 2 is 1.86 bits per heavy atom. The van der Waals surface area contributed by atoms with Gasteiger partial charge in [0.15, 0.2) is 0 Å². The van der Waals surface area contributed by atoms with Crippen LogP contribution in [-0.2, 0) is 4.79 Å². The summed E-state index contributed by atoms with van der Waals surface area (Å²) in [6, 6.07) is 0. The highest BCUT2D eigenvalue weighted by atomic mass is 16.3. The summed E-state index contributed by atoms with van der Waals surface area (Å²) in [5.74, 6) is 0.978. The molecule has 5 heteroatoms. The van der Waals surface area contributed by atoms with Crippen molar-refractivity contribution in [3.05, 3.63) is 0 Å². The van der Waals surface area contributed by atoms with Crippen LogP contribution in [0.2, 0.25) is 0 Å². The van der Waals surface area contributed by atoms with E-state index < -0.39 is 6.10 Å². The molecule has 0 spiro atoms. The molecule has 3 heterocycles. The van der Waals surface area contributed by atoms with E-state index in [2.05, 4.69) is 9.80 Å². The molecular formula is C16H29N3O2. The molecule has 5 nitrogen and oxygen atoms in total. The lowest BCUT2D eigenvalue weighted by atomic mass is 10.1. The Morgan fingerprint density at radius 1 is 1.05 bits per heavy atom. The van der Waals surface area contributed by atoms with Crippen LogP contribution in [0.1, 0.15) is 32.1 Å². The zero-order valence-electron chi connectivity index (χ0n) is 13.0. The van der Waals surface area contributed by atoms with E-state index >= 15 is 0 Å². The SMILES string of the molecule is O=C1CCCN1CC(O)CN1CCC(CN2CCCC2)C1. The van der Waals surface area contributed by atoms with E-state index in [-0.39, 0.29) is 5.91 Å². The number of aliphatic hydroxyl groups excluding tert-OH is 1. The number of rotatable bonds is 6. The van der Waals surface area contributed by atoms with Gasteiger partial charge in [0.05, 0.1) is 6.10 Å². The van der Waals surface area contributed by atoms with Crippen LogP contribution in [0.15, 0.2) is 0 Å². The summed E-state index contributed by atoms with van der Waals surface area (Å²) in [5.41, 5.74) is 0. The standard InChI is InChI=1S/C16H29N3O2/c20-15(13-19-8-3-4-16(19)21)12-18-9-5-14(11-18)10-17-6-1-2-7-17/h14-15,20H,1-13H2. The molecule has 3 aliphatic rings. The number of amides is 1. The van der Waals surface area contributed by atoms with Crippen LogP contribution in [0.25, 0.3) is 0 Å². The van der Waals surface area contributed by atoms with Crippen LogP contribution >= 0.6 is 0 Å². The Morgan fingerprint density at radius 3 is 2.57 bits per heavy atom. The lowest BCUT2D eigenvalue weighted by Crippen LogP contribution is -2.40. The number of likely N-dealkylation sites (tertiary alicyclic amines) is 3. The molecule has 0 radical (unpaired) electrons. The van der Waals surface area contributed by atoms with Gasteiger partial charge in [-0.15, -0.1) is 0 Å². The zero-order chi connectivity index (χ0) is 14.7. The minimum Gasteiger partial charge on any atom is -0.390 e. The lowest BCUT2D eigenvalue weighted by molar-refractivity contribution is -0.129. The molecule has 0 aromatic carbocycles. The smallest absolute Gasteiger partial charge is 0.222 e. The predicted molar refractivity (Wildman–Crippen MR) is 82.0 cm³/mol. The quantitative estimate of drug-likeness (QED) is 0.770. The molecule has 3 saturated heterocycles. The topological polar surface area (TPSA) is 47.0 Å². The van der Waals surface area contributed by atoms with Crippen molar-refractivity contribution in [2.75, 3.05) is 52.4 Å². The Labute approximate surface area is 127 Å². The van der Waals surface area contributed by atoms with Crippen LogP contribution in [-0.4, -0.2) is 84.2 Å². The fraction of sp³-hybridized carbons (Fsp3) is 0.938. The van der Waals surface area contributed by atoms with Crippen LogP contribution in [0, 0.1) is 5.92 Å². The molecule has 0 bridgehead atoms. The van der Waals surface area contributed by atoms with Crippen molar-refractivity contribution in [1.29, 1.82) is 0 Å². The molecule has 21 heavy (non-hydrogen) atoms. The number of carbonyl (C=O) groups excluding carboxylic acids is 1. The van der Waals surface area contributed by atoms with Crippen molar-refractivity contribution < 1.29 is 9.90 Å². The third-order valence-electron chi connectivity index (χ3n) is 5.16. The summed E-state index contributed by atoms with van der Waals surface area (Å²) in [5, 5.41) is 10.2. The second-order valence-corrected chi connectivity index (χ2v) is 7.02. The monoisotopic (exact) mass is 295 g/mol. The fourth-order valence-corrected chi connectivity index (χ4v) is 4.07. The molecule has 2 atom stereocenters. The van der Waals surface area contributed by atoms with E-state index in [4.69, 9.17) is 0 Å². The molecule has 0 aromatic rings. The summed E-state index contributed by atoms with van der Waals surface area (Å²) in [7, 11) is 0. The van der Waals surface area contributed by atoms with Crippen molar-refractivity contribution in [3.8, 4) is 0 Å². The number of carbonyl (C=O) groups is 1. The lowest BCUT2D eigenvalue weighted by Gasteiger charge is -2.25. The number of nitrogens with zero attached hydrogens (tertiary/aromatic N) is 3. The largest absolute Gasteiger partial charge is 0.390 e. The molecule has 2 unspecified atom stereocenters. The minimum absolute atomic E-state index is 0.211. The van der Waals surface area contributed by atoms with Gasteiger partial charge >= 0.3 is 0 Å². The number of aliphatic hydroxyl groups is 1. The van der Waals surface area contributed by atoms with Crippen LogP contribution in [0.4, 0.5) is 0 Å². The summed E-state index contributed by atoms with van der Waals surface area (Å²) in [4.78, 5) is 18.4. The van der Waals surface area contributed by atoms with Crippen molar-refractivity contribution in [2.45, 2.75) is 38.2 Å². The molecule has 3 fully saturated rings. The van der Waals surface area contributed by atoms with Gasteiger partial charge in [-0.3, -0.25) is 4.79 Å². The normalized spacial score (nSPS) is 29.7. The molecule has 1 N–H and O–H groups in total. The highest BCUT2D eigenvalue weighted by molar-refractivity contribution is 5.78. The molecule has 3 aliphatic heterocycles. The third kappa shape index (κ3) is 4.18. The van der Waals surface area contributed by atoms with E-state index in [0.29, 0.717) is 13.0 Å². The maximum Gasteiger partial charge on any atom is 0.222 e. The zero-order valence-corrected chi connectivity index (χ0v) is 13.0. The van der Waals surface area contributed by atoms with E-state index in [0.717, 1.165) is 38.5 Å². The molecule has 120 valence electrons. The first-order chi connectivity index (χ1) is 10.2. The Hall–Kier alpha value is -0.650. The van der Waals surface area contributed by atoms with Crippen molar-refractivity contribution in [3.63, 3.8) is 0 Å². The molecular weight excluding hydrogens is 266 g/mol. The third-order valence-corrected chi connectivity index (χ3v) is 5.16. The van der Waals surface area contributed by atoms with E-state index in [1.54, 1.807) is 0 Å². The maximum atomic E-state index is 11.6. The van der Waals surface area contributed by atoms with Gasteiger partial charge in [0.25, 0.3) is 0 Å².